The number of amides is 1. The Morgan fingerprint density at radius 2 is 2.03 bits per heavy atom. The van der Waals surface area contributed by atoms with E-state index in [1.165, 1.54) is 12.1 Å². The second-order valence-corrected chi connectivity index (χ2v) is 9.10. The third kappa shape index (κ3) is 3.12. The number of halogens is 3. The summed E-state index contributed by atoms with van der Waals surface area (Å²) < 4.78 is 51.8. The molecule has 1 aromatic carbocycles. The molecule has 3 aliphatic rings. The lowest BCUT2D eigenvalue weighted by atomic mass is 9.89. The Morgan fingerprint density at radius 3 is 2.74 bits per heavy atom. The maximum absolute atomic E-state index is 13.6. The molecule has 0 bridgehead atoms. The minimum atomic E-state index is -4.44. The zero-order valence-corrected chi connectivity index (χ0v) is 18.5. The number of aromatic amines is 1. The molecule has 7 nitrogen and oxygen atoms in total. The number of hydrogen-bond acceptors (Lipinski definition) is 5. The molecule has 0 saturated heterocycles. The first-order valence-electron chi connectivity index (χ1n) is 11.3. The molecule has 2 aromatic heterocycles. The van der Waals surface area contributed by atoms with Crippen LogP contribution < -0.4 is 5.73 Å². The van der Waals surface area contributed by atoms with Gasteiger partial charge in [0.15, 0.2) is 0 Å². The summed E-state index contributed by atoms with van der Waals surface area (Å²) in [6.07, 6.45) is -3.09. The Hall–Kier alpha value is -3.11. The molecular weight excluding hydrogens is 449 g/mol. The van der Waals surface area contributed by atoms with Crippen LogP contribution in [0.1, 0.15) is 64.1 Å². The van der Waals surface area contributed by atoms with Crippen molar-refractivity contribution in [1.29, 1.82) is 0 Å². The van der Waals surface area contributed by atoms with Crippen molar-refractivity contribution in [3.8, 4) is 0 Å². The molecule has 2 aliphatic heterocycles. The molecule has 6 rings (SSSR count). The summed E-state index contributed by atoms with van der Waals surface area (Å²) in [5.74, 6) is 0.105. The third-order valence-corrected chi connectivity index (χ3v) is 7.17. The van der Waals surface area contributed by atoms with Gasteiger partial charge in [0, 0.05) is 17.7 Å². The van der Waals surface area contributed by atoms with E-state index in [-0.39, 0.29) is 12.5 Å². The number of pyridine rings is 1. The first-order chi connectivity index (χ1) is 16.2. The second-order valence-electron chi connectivity index (χ2n) is 9.10. The predicted octanol–water partition coefficient (Wildman–Crippen LogP) is 4.42. The van der Waals surface area contributed by atoms with E-state index >= 15 is 0 Å². The van der Waals surface area contributed by atoms with E-state index < -0.39 is 23.4 Å². The van der Waals surface area contributed by atoms with Crippen LogP contribution in [0.5, 0.6) is 0 Å². The Morgan fingerprint density at radius 1 is 1.26 bits per heavy atom. The maximum Gasteiger partial charge on any atom is 0.416 e. The van der Waals surface area contributed by atoms with Gasteiger partial charge in [-0.1, -0.05) is 6.07 Å². The summed E-state index contributed by atoms with van der Waals surface area (Å²) in [7, 11) is 0. The van der Waals surface area contributed by atoms with E-state index in [2.05, 4.69) is 9.97 Å². The average Bonchev–Trinajstić information content (AvgIpc) is 3.20. The Labute approximate surface area is 193 Å². The van der Waals surface area contributed by atoms with Crippen molar-refractivity contribution in [3.63, 3.8) is 0 Å². The molecule has 1 atom stereocenters. The molecule has 1 fully saturated rings. The van der Waals surface area contributed by atoms with Crippen LogP contribution in [0.2, 0.25) is 0 Å². The van der Waals surface area contributed by atoms with Gasteiger partial charge in [0.2, 0.25) is 0 Å². The molecule has 3 N–H and O–H groups in total. The summed E-state index contributed by atoms with van der Waals surface area (Å²) in [6.45, 7) is 3.19. The fourth-order valence-corrected chi connectivity index (χ4v) is 5.22. The first-order valence-corrected chi connectivity index (χ1v) is 11.3. The summed E-state index contributed by atoms with van der Waals surface area (Å²) in [5.41, 5.74) is 9.28. The zero-order chi connectivity index (χ0) is 23.8. The van der Waals surface area contributed by atoms with Crippen LogP contribution in [0.4, 0.5) is 19.0 Å². The minimum Gasteiger partial charge on any atom is -0.383 e. The van der Waals surface area contributed by atoms with Crippen molar-refractivity contribution in [3.05, 3.63) is 57.8 Å². The molecule has 1 saturated carbocycles. The van der Waals surface area contributed by atoms with Gasteiger partial charge in [0.25, 0.3) is 5.91 Å². The maximum atomic E-state index is 13.6. The molecule has 1 spiro atoms. The van der Waals surface area contributed by atoms with Crippen LogP contribution >= 0.6 is 0 Å². The number of alkyl halides is 3. The van der Waals surface area contributed by atoms with E-state index in [1.54, 1.807) is 11.0 Å². The fraction of sp³-hybridized carbons (Fsp3) is 0.417. The van der Waals surface area contributed by atoms with Crippen LogP contribution in [0.15, 0.2) is 24.3 Å². The highest BCUT2D eigenvalue weighted by Gasteiger charge is 2.52. The number of hydrogen-bond donors (Lipinski definition) is 2. The number of rotatable bonds is 3. The summed E-state index contributed by atoms with van der Waals surface area (Å²) in [6, 6.07) is 4.93. The number of anilines is 1. The van der Waals surface area contributed by atoms with Crippen LogP contribution in [0.25, 0.3) is 11.0 Å². The number of benzene rings is 1. The predicted molar refractivity (Wildman–Crippen MR) is 117 cm³/mol. The molecular formula is C24H23F3N4O3. The summed E-state index contributed by atoms with van der Waals surface area (Å²) >= 11 is 0. The van der Waals surface area contributed by atoms with Gasteiger partial charge in [-0.25, -0.2) is 4.98 Å². The number of fused-ring (bicyclic) bond motifs is 5. The highest BCUT2D eigenvalue weighted by atomic mass is 19.4. The third-order valence-electron chi connectivity index (χ3n) is 7.17. The van der Waals surface area contributed by atoms with Crippen molar-refractivity contribution in [2.45, 2.75) is 50.8 Å². The highest BCUT2D eigenvalue weighted by molar-refractivity contribution is 5.98. The van der Waals surface area contributed by atoms with Crippen LogP contribution in [0, 0.1) is 0 Å². The quantitative estimate of drug-likeness (QED) is 0.589. The number of nitrogens with zero attached hydrogens (tertiary/aromatic N) is 2. The molecule has 0 unspecified atom stereocenters. The number of carbonyl (C=O) groups is 1. The lowest BCUT2D eigenvalue weighted by Crippen LogP contribution is -2.41. The SMILES string of the molecule is CCN(C(=O)c1cc2nc(N)c3c(c2[nH]1)COC3)[C@@H]1COC2(CC2)c2cc(C(F)(F)F)ccc21. The first kappa shape index (κ1) is 21.4. The van der Waals surface area contributed by atoms with Gasteiger partial charge in [-0.3, -0.25) is 4.79 Å². The van der Waals surface area contributed by atoms with E-state index in [0.717, 1.165) is 17.2 Å². The van der Waals surface area contributed by atoms with E-state index in [9.17, 15) is 18.0 Å². The van der Waals surface area contributed by atoms with Crippen LogP contribution in [-0.4, -0.2) is 33.9 Å². The smallest absolute Gasteiger partial charge is 0.383 e. The number of nitrogens with two attached hydrogens (primary N) is 1. The van der Waals surface area contributed by atoms with Gasteiger partial charge in [0.1, 0.15) is 11.5 Å². The minimum absolute atomic E-state index is 0.229. The van der Waals surface area contributed by atoms with E-state index in [4.69, 9.17) is 15.2 Å². The molecule has 1 aliphatic carbocycles. The number of carbonyl (C=O) groups excluding carboxylic acids is 1. The lowest BCUT2D eigenvalue weighted by molar-refractivity contribution is -0.137. The average molecular weight is 472 g/mol. The molecule has 3 aromatic rings. The molecule has 1 amide bonds. The largest absolute Gasteiger partial charge is 0.416 e. The summed E-state index contributed by atoms with van der Waals surface area (Å²) in [4.78, 5) is 22.8. The Kier molecular flexibility index (Phi) is 4.53. The Balaban J connectivity index is 1.39. The van der Waals surface area contributed by atoms with E-state index in [1.807, 2.05) is 6.92 Å². The number of aromatic nitrogens is 2. The lowest BCUT2D eigenvalue weighted by Gasteiger charge is -2.38. The van der Waals surface area contributed by atoms with Crippen LogP contribution in [-0.2, 0) is 34.5 Å². The van der Waals surface area contributed by atoms with Gasteiger partial charge in [-0.05, 0) is 49.1 Å². The Bertz CT molecular complexity index is 1330. The van der Waals surface area contributed by atoms with Crippen molar-refractivity contribution in [1.82, 2.24) is 14.9 Å². The topological polar surface area (TPSA) is 93.5 Å². The number of ether oxygens (including phenoxy) is 2. The van der Waals surface area contributed by atoms with Crippen molar-refractivity contribution in [2.75, 3.05) is 18.9 Å². The van der Waals surface area contributed by atoms with Gasteiger partial charge in [-0.15, -0.1) is 0 Å². The van der Waals surface area contributed by atoms with Gasteiger partial charge < -0.3 is 25.1 Å². The fourth-order valence-electron chi connectivity index (χ4n) is 5.22. The second kappa shape index (κ2) is 7.19. The number of nitrogen functional groups attached to an aromatic ring is 1. The monoisotopic (exact) mass is 472 g/mol. The normalized spacial score (nSPS) is 20.4. The standard InChI is InChI=1S/C24H23F3N4O3/c1-2-31(22(32)18-8-17-20(29-18)14-9-33-10-15(14)21(28)30-17)19-11-34-23(5-6-23)16-7-12(24(25,26)27)3-4-13(16)19/h3-4,7-8,19,29H,2,5-6,9-11H2,1H3,(H2,28,30)/t19-/m1/s1. The number of likely N-dealkylation sites (N-methyl/N-ethyl adjacent to an activating group) is 1. The molecule has 10 heteroatoms. The number of nitrogens with one attached hydrogen (secondary N) is 1. The van der Waals surface area contributed by atoms with Gasteiger partial charge in [0.05, 0.1) is 48.1 Å². The van der Waals surface area contributed by atoms with Gasteiger partial charge in [-0.2, -0.15) is 13.2 Å². The van der Waals surface area contributed by atoms with Crippen LogP contribution in [0.3, 0.4) is 0 Å². The highest BCUT2D eigenvalue weighted by Crippen LogP contribution is 2.55. The van der Waals surface area contributed by atoms with Crippen molar-refractivity contribution >= 4 is 22.8 Å². The van der Waals surface area contributed by atoms with Gasteiger partial charge >= 0.3 is 6.18 Å². The zero-order valence-electron chi connectivity index (χ0n) is 18.5. The summed E-state index contributed by atoms with van der Waals surface area (Å²) in [5, 5.41) is 0. The molecule has 178 valence electrons. The molecule has 4 heterocycles. The van der Waals surface area contributed by atoms with Crippen molar-refractivity contribution in [2.24, 2.45) is 0 Å². The number of H-pyrrole nitrogens is 1. The van der Waals surface area contributed by atoms with Crippen molar-refractivity contribution < 1.29 is 27.4 Å². The molecule has 0 radical (unpaired) electrons. The van der Waals surface area contributed by atoms with E-state index in [0.29, 0.717) is 66.3 Å². The molecule has 34 heavy (non-hydrogen) atoms.